The fourth-order valence-corrected chi connectivity index (χ4v) is 5.35. The summed E-state index contributed by atoms with van der Waals surface area (Å²) in [6, 6.07) is 0. The van der Waals surface area contributed by atoms with Crippen molar-refractivity contribution >= 4 is 0 Å². The standard InChI is InChI=1S/C24H48/c1-7-19(3)13-11-9-10-12-14-22(6)24(8-2)23-16-15-20(4)17-21(5)18-23/h19-24H,7-18H2,1-6H3. The zero-order valence-electron chi connectivity index (χ0n) is 17.9. The predicted octanol–water partition coefficient (Wildman–Crippen LogP) is 8.50. The van der Waals surface area contributed by atoms with Gasteiger partial charge in [-0.2, -0.15) is 0 Å². The van der Waals surface area contributed by atoms with Crippen molar-refractivity contribution in [1.29, 1.82) is 0 Å². The Bertz CT molecular complexity index is 294. The molecule has 1 aliphatic carbocycles. The highest BCUT2D eigenvalue weighted by Gasteiger charge is 2.29. The van der Waals surface area contributed by atoms with Gasteiger partial charge in [0.15, 0.2) is 0 Å². The van der Waals surface area contributed by atoms with Crippen molar-refractivity contribution < 1.29 is 0 Å². The molecule has 0 bridgehead atoms. The molecule has 0 aromatic rings. The van der Waals surface area contributed by atoms with E-state index in [-0.39, 0.29) is 0 Å². The zero-order valence-corrected chi connectivity index (χ0v) is 17.9. The first-order chi connectivity index (χ1) is 11.5. The van der Waals surface area contributed by atoms with Gasteiger partial charge in [-0.1, -0.05) is 99.3 Å². The lowest BCUT2D eigenvalue weighted by Gasteiger charge is -2.32. The smallest absolute Gasteiger partial charge is 0.0363 e. The van der Waals surface area contributed by atoms with Gasteiger partial charge in [0.25, 0.3) is 0 Å². The minimum Gasteiger partial charge on any atom is -0.0651 e. The van der Waals surface area contributed by atoms with E-state index in [1.54, 1.807) is 0 Å². The molecule has 0 amide bonds. The zero-order chi connectivity index (χ0) is 17.9. The summed E-state index contributed by atoms with van der Waals surface area (Å²) in [6.45, 7) is 14.7. The lowest BCUT2D eigenvalue weighted by molar-refractivity contribution is 0.185. The third-order valence-electron chi connectivity index (χ3n) is 7.15. The summed E-state index contributed by atoms with van der Waals surface area (Å²) in [6.07, 6.45) is 17.5. The van der Waals surface area contributed by atoms with Gasteiger partial charge < -0.3 is 0 Å². The molecular formula is C24H48. The molecule has 6 atom stereocenters. The van der Waals surface area contributed by atoms with Crippen LogP contribution in [0, 0.1) is 35.5 Å². The van der Waals surface area contributed by atoms with Gasteiger partial charge in [0.2, 0.25) is 0 Å². The Morgan fingerprint density at radius 1 is 0.750 bits per heavy atom. The Morgan fingerprint density at radius 3 is 2.04 bits per heavy atom. The van der Waals surface area contributed by atoms with E-state index in [9.17, 15) is 0 Å². The quantitative estimate of drug-likeness (QED) is 0.262. The molecule has 0 heteroatoms. The highest BCUT2D eigenvalue weighted by Crippen LogP contribution is 2.40. The second kappa shape index (κ2) is 12.4. The second-order valence-corrected chi connectivity index (χ2v) is 9.57. The summed E-state index contributed by atoms with van der Waals surface area (Å²) >= 11 is 0. The molecule has 0 saturated heterocycles. The van der Waals surface area contributed by atoms with Gasteiger partial charge in [-0.25, -0.2) is 0 Å². The van der Waals surface area contributed by atoms with E-state index in [2.05, 4.69) is 41.5 Å². The molecule has 1 aliphatic rings. The van der Waals surface area contributed by atoms with E-state index in [0.717, 1.165) is 35.5 Å². The van der Waals surface area contributed by atoms with Crippen molar-refractivity contribution in [3.63, 3.8) is 0 Å². The first kappa shape index (κ1) is 22.0. The van der Waals surface area contributed by atoms with Crippen LogP contribution in [-0.2, 0) is 0 Å². The molecule has 24 heavy (non-hydrogen) atoms. The molecule has 0 aliphatic heterocycles. The molecule has 1 fully saturated rings. The van der Waals surface area contributed by atoms with Crippen LogP contribution in [0.3, 0.4) is 0 Å². The summed E-state index contributed by atoms with van der Waals surface area (Å²) in [4.78, 5) is 0. The molecule has 6 unspecified atom stereocenters. The lowest BCUT2D eigenvalue weighted by atomic mass is 9.74. The van der Waals surface area contributed by atoms with Crippen molar-refractivity contribution in [2.24, 2.45) is 35.5 Å². The van der Waals surface area contributed by atoms with E-state index in [1.807, 2.05) is 0 Å². The Balaban J connectivity index is 2.28. The van der Waals surface area contributed by atoms with Crippen molar-refractivity contribution in [2.75, 3.05) is 0 Å². The Labute approximate surface area is 154 Å². The van der Waals surface area contributed by atoms with E-state index >= 15 is 0 Å². The Kier molecular flexibility index (Phi) is 11.4. The largest absolute Gasteiger partial charge is 0.0651 e. The second-order valence-electron chi connectivity index (χ2n) is 9.57. The van der Waals surface area contributed by atoms with Gasteiger partial charge in [-0.05, 0) is 54.8 Å². The normalized spacial score (nSPS) is 29.0. The highest BCUT2D eigenvalue weighted by molar-refractivity contribution is 4.80. The minimum absolute atomic E-state index is 0.938. The van der Waals surface area contributed by atoms with E-state index < -0.39 is 0 Å². The summed E-state index contributed by atoms with van der Waals surface area (Å²) in [7, 11) is 0. The van der Waals surface area contributed by atoms with E-state index in [1.165, 1.54) is 77.0 Å². The van der Waals surface area contributed by atoms with Gasteiger partial charge in [0.05, 0.1) is 0 Å². The minimum atomic E-state index is 0.938. The van der Waals surface area contributed by atoms with Gasteiger partial charge in [-0.3, -0.25) is 0 Å². The molecule has 0 aromatic carbocycles. The molecule has 144 valence electrons. The average Bonchev–Trinajstić information content (AvgIpc) is 2.71. The maximum atomic E-state index is 2.56. The molecule has 0 radical (unpaired) electrons. The molecular weight excluding hydrogens is 288 g/mol. The Morgan fingerprint density at radius 2 is 1.42 bits per heavy atom. The van der Waals surface area contributed by atoms with E-state index in [0.29, 0.717) is 0 Å². The number of rotatable bonds is 11. The number of hydrogen-bond acceptors (Lipinski definition) is 0. The molecule has 0 heterocycles. The highest BCUT2D eigenvalue weighted by atomic mass is 14.3. The van der Waals surface area contributed by atoms with Crippen LogP contribution in [0.15, 0.2) is 0 Å². The average molecular weight is 337 g/mol. The number of hydrogen-bond donors (Lipinski definition) is 0. The topological polar surface area (TPSA) is 0 Å². The van der Waals surface area contributed by atoms with Crippen LogP contribution in [-0.4, -0.2) is 0 Å². The first-order valence-corrected chi connectivity index (χ1v) is 11.5. The van der Waals surface area contributed by atoms with Crippen molar-refractivity contribution in [3.05, 3.63) is 0 Å². The van der Waals surface area contributed by atoms with Crippen LogP contribution >= 0.6 is 0 Å². The fraction of sp³-hybridized carbons (Fsp3) is 1.00. The van der Waals surface area contributed by atoms with E-state index in [4.69, 9.17) is 0 Å². The van der Waals surface area contributed by atoms with Gasteiger partial charge in [0.1, 0.15) is 0 Å². The van der Waals surface area contributed by atoms with Gasteiger partial charge in [-0.15, -0.1) is 0 Å². The molecule has 0 nitrogen and oxygen atoms in total. The van der Waals surface area contributed by atoms with Crippen LogP contribution in [0.2, 0.25) is 0 Å². The molecule has 0 spiro atoms. The van der Waals surface area contributed by atoms with Crippen molar-refractivity contribution in [2.45, 2.75) is 119 Å². The fourth-order valence-electron chi connectivity index (χ4n) is 5.35. The SMILES string of the molecule is CCC(C)CCCCCCC(C)C(CC)C1CCC(C)CC(C)C1. The molecule has 0 aromatic heterocycles. The third kappa shape index (κ3) is 8.39. The van der Waals surface area contributed by atoms with Crippen LogP contribution in [0.4, 0.5) is 0 Å². The predicted molar refractivity (Wildman–Crippen MR) is 110 cm³/mol. The molecule has 1 rings (SSSR count). The van der Waals surface area contributed by atoms with Crippen molar-refractivity contribution in [3.8, 4) is 0 Å². The summed E-state index contributed by atoms with van der Waals surface area (Å²) in [5.41, 5.74) is 0. The summed E-state index contributed by atoms with van der Waals surface area (Å²) in [5, 5.41) is 0. The molecule has 0 N–H and O–H groups in total. The first-order valence-electron chi connectivity index (χ1n) is 11.5. The van der Waals surface area contributed by atoms with Gasteiger partial charge >= 0.3 is 0 Å². The number of unbranched alkanes of at least 4 members (excludes halogenated alkanes) is 3. The Hall–Kier alpha value is 0. The van der Waals surface area contributed by atoms with Crippen LogP contribution in [0.1, 0.15) is 119 Å². The van der Waals surface area contributed by atoms with Crippen LogP contribution in [0.25, 0.3) is 0 Å². The lowest BCUT2D eigenvalue weighted by Crippen LogP contribution is -2.22. The maximum Gasteiger partial charge on any atom is -0.0363 e. The molecule has 1 saturated carbocycles. The van der Waals surface area contributed by atoms with Crippen molar-refractivity contribution in [1.82, 2.24) is 0 Å². The third-order valence-corrected chi connectivity index (χ3v) is 7.15. The maximum absolute atomic E-state index is 2.56. The monoisotopic (exact) mass is 336 g/mol. The van der Waals surface area contributed by atoms with Gasteiger partial charge in [0, 0.05) is 0 Å². The van der Waals surface area contributed by atoms with Crippen LogP contribution in [0.5, 0.6) is 0 Å². The summed E-state index contributed by atoms with van der Waals surface area (Å²) < 4.78 is 0. The van der Waals surface area contributed by atoms with Crippen LogP contribution < -0.4 is 0 Å². The summed E-state index contributed by atoms with van der Waals surface area (Å²) in [5.74, 6) is 5.79.